The zero-order valence-electron chi connectivity index (χ0n) is 19.1. The van der Waals surface area contributed by atoms with Gasteiger partial charge in [0.25, 0.3) is 5.82 Å². The summed E-state index contributed by atoms with van der Waals surface area (Å²) < 4.78 is 38.9. The molecule has 10 heteroatoms. The van der Waals surface area contributed by atoms with Crippen molar-refractivity contribution in [3.05, 3.63) is 69.4 Å². The van der Waals surface area contributed by atoms with Gasteiger partial charge in [-0.15, -0.1) is 4.98 Å². The van der Waals surface area contributed by atoms with Gasteiger partial charge in [-0.25, -0.2) is 4.79 Å². The maximum absolute atomic E-state index is 13.0. The van der Waals surface area contributed by atoms with Crippen LogP contribution in [-0.2, 0) is 6.18 Å². The number of hydrogen-bond donors (Lipinski definition) is 1. The molecule has 178 valence electrons. The number of fused-ring (bicyclic) bond motifs is 1. The predicted octanol–water partition coefficient (Wildman–Crippen LogP) is 4.94. The standard InChI is InChI=1S/C24H25F3N6O/c1-5-18-13-32(22-21-19(29-23(34)31-22)10-11-20(28-4)30-21)14(2)12-33(18)15(3)16-6-8-17(9-7-16)24(25,26)27/h6-11,14-15,18H,5,12-13H2,1-3H3,(H,29,31,34)/t14-,15?,18+/m0/s1. The number of nitrogens with one attached hydrogen (secondary N) is 1. The molecule has 0 amide bonds. The Morgan fingerprint density at radius 3 is 2.50 bits per heavy atom. The van der Waals surface area contributed by atoms with Crippen LogP contribution in [0.25, 0.3) is 15.9 Å². The molecule has 3 atom stereocenters. The number of rotatable bonds is 4. The molecule has 1 fully saturated rings. The van der Waals surface area contributed by atoms with E-state index in [-0.39, 0.29) is 23.9 Å². The number of aromatic nitrogens is 3. The Morgan fingerprint density at radius 1 is 1.18 bits per heavy atom. The number of H-pyrrole nitrogens is 1. The van der Waals surface area contributed by atoms with Gasteiger partial charge in [-0.3, -0.25) is 4.90 Å². The Hall–Kier alpha value is -3.45. The van der Waals surface area contributed by atoms with Crippen molar-refractivity contribution >= 4 is 22.7 Å². The summed E-state index contributed by atoms with van der Waals surface area (Å²) in [6, 6.07) is 8.48. The monoisotopic (exact) mass is 470 g/mol. The Kier molecular flexibility index (Phi) is 6.32. The number of hydrogen-bond acceptors (Lipinski definition) is 5. The average Bonchev–Trinajstić information content (AvgIpc) is 2.82. The Balaban J connectivity index is 1.65. The van der Waals surface area contributed by atoms with Crippen molar-refractivity contribution in [3.8, 4) is 0 Å². The Labute approximate surface area is 195 Å². The predicted molar refractivity (Wildman–Crippen MR) is 124 cm³/mol. The largest absolute Gasteiger partial charge is 0.416 e. The van der Waals surface area contributed by atoms with Crippen molar-refractivity contribution in [3.63, 3.8) is 0 Å². The van der Waals surface area contributed by atoms with Gasteiger partial charge in [-0.1, -0.05) is 25.6 Å². The third-order valence-corrected chi connectivity index (χ3v) is 6.50. The minimum absolute atomic E-state index is 0.0457. The van der Waals surface area contributed by atoms with Crippen molar-refractivity contribution in [2.45, 2.75) is 51.5 Å². The van der Waals surface area contributed by atoms with Gasteiger partial charge in [0.05, 0.1) is 11.1 Å². The molecule has 4 rings (SSSR count). The van der Waals surface area contributed by atoms with E-state index in [0.717, 1.165) is 24.1 Å². The molecule has 7 nitrogen and oxygen atoms in total. The first kappa shape index (κ1) is 23.7. The van der Waals surface area contributed by atoms with Gasteiger partial charge in [0.1, 0.15) is 0 Å². The first-order valence-corrected chi connectivity index (χ1v) is 11.1. The van der Waals surface area contributed by atoms with Gasteiger partial charge in [0.2, 0.25) is 5.52 Å². The summed E-state index contributed by atoms with van der Waals surface area (Å²) in [6.45, 7) is 14.5. The molecule has 3 heterocycles. The molecule has 0 aliphatic carbocycles. The molecule has 0 radical (unpaired) electrons. The van der Waals surface area contributed by atoms with Crippen LogP contribution in [-0.4, -0.2) is 45.0 Å². The van der Waals surface area contributed by atoms with Crippen LogP contribution >= 0.6 is 0 Å². The number of pyridine rings is 1. The van der Waals surface area contributed by atoms with Gasteiger partial charge < -0.3 is 14.7 Å². The van der Waals surface area contributed by atoms with Crippen LogP contribution in [0.2, 0.25) is 0 Å². The lowest BCUT2D eigenvalue weighted by Crippen LogP contribution is -2.58. The lowest BCUT2D eigenvalue weighted by molar-refractivity contribution is -0.137. The number of halogens is 3. The molecule has 0 spiro atoms. The fourth-order valence-electron chi connectivity index (χ4n) is 4.61. The highest BCUT2D eigenvalue weighted by Gasteiger charge is 2.36. The number of benzene rings is 1. The number of piperazine rings is 1. The molecule has 1 unspecified atom stereocenters. The van der Waals surface area contributed by atoms with Gasteiger partial charge in [0, 0.05) is 31.2 Å². The zero-order chi connectivity index (χ0) is 24.6. The van der Waals surface area contributed by atoms with Gasteiger partial charge in [0.15, 0.2) is 5.82 Å². The second-order valence-electron chi connectivity index (χ2n) is 8.60. The molecule has 1 aliphatic rings. The van der Waals surface area contributed by atoms with E-state index in [0.29, 0.717) is 29.9 Å². The lowest BCUT2D eigenvalue weighted by Gasteiger charge is -2.48. The summed E-state index contributed by atoms with van der Waals surface area (Å²) in [5.74, 6) is 0.661. The second kappa shape index (κ2) is 9.06. The fourth-order valence-corrected chi connectivity index (χ4v) is 4.61. The Bertz CT molecular complexity index is 1280. The van der Waals surface area contributed by atoms with Crippen LogP contribution in [0.15, 0.2) is 41.2 Å². The van der Waals surface area contributed by atoms with Crippen LogP contribution in [0, 0.1) is 6.57 Å². The molecular formula is C24H25F3N6O. The summed E-state index contributed by atoms with van der Waals surface area (Å²) in [6.07, 6.45) is -3.56. The van der Waals surface area contributed by atoms with E-state index in [2.05, 4.69) is 31.6 Å². The average molecular weight is 470 g/mol. The molecule has 0 bridgehead atoms. The van der Waals surface area contributed by atoms with Crippen molar-refractivity contribution in [1.82, 2.24) is 19.9 Å². The summed E-state index contributed by atoms with van der Waals surface area (Å²) in [5, 5.41) is 0. The van der Waals surface area contributed by atoms with E-state index in [1.807, 2.05) is 18.7 Å². The summed E-state index contributed by atoms with van der Waals surface area (Å²) >= 11 is 0. The molecule has 1 aromatic carbocycles. The molecule has 1 aliphatic heterocycles. The first-order chi connectivity index (χ1) is 16.1. The van der Waals surface area contributed by atoms with E-state index < -0.39 is 17.4 Å². The first-order valence-electron chi connectivity index (χ1n) is 11.1. The SMILES string of the molecule is [C-]#[N+]c1ccc2[nH]c(=O)nc(N3C[C@@H](CC)N(C(C)c4ccc(C(F)(F)F)cc4)C[C@@H]3C)c2n1. The summed E-state index contributed by atoms with van der Waals surface area (Å²) in [4.78, 5) is 31.2. The summed E-state index contributed by atoms with van der Waals surface area (Å²) in [5.41, 5.74) is 0.658. The molecule has 1 saturated heterocycles. The third-order valence-electron chi connectivity index (χ3n) is 6.50. The molecule has 2 aromatic heterocycles. The lowest BCUT2D eigenvalue weighted by atomic mass is 9.98. The maximum atomic E-state index is 13.0. The third kappa shape index (κ3) is 4.48. The van der Waals surface area contributed by atoms with Crippen molar-refractivity contribution in [2.24, 2.45) is 0 Å². The smallest absolute Gasteiger partial charge is 0.361 e. The number of nitrogens with zero attached hydrogens (tertiary/aromatic N) is 5. The topological polar surface area (TPSA) is 69.5 Å². The highest BCUT2D eigenvalue weighted by molar-refractivity contribution is 5.87. The van der Waals surface area contributed by atoms with Crippen molar-refractivity contribution in [2.75, 3.05) is 18.0 Å². The van der Waals surface area contributed by atoms with Gasteiger partial charge >= 0.3 is 11.9 Å². The van der Waals surface area contributed by atoms with Crippen LogP contribution in [0.4, 0.5) is 24.8 Å². The van der Waals surface area contributed by atoms with Crippen molar-refractivity contribution < 1.29 is 13.2 Å². The number of anilines is 1. The zero-order valence-corrected chi connectivity index (χ0v) is 19.1. The van der Waals surface area contributed by atoms with Crippen LogP contribution < -0.4 is 10.6 Å². The van der Waals surface area contributed by atoms with E-state index in [9.17, 15) is 18.0 Å². The molecule has 1 N–H and O–H groups in total. The quantitative estimate of drug-likeness (QED) is 0.547. The van der Waals surface area contributed by atoms with E-state index >= 15 is 0 Å². The number of alkyl halides is 3. The molecule has 0 saturated carbocycles. The van der Waals surface area contributed by atoms with E-state index in [1.165, 1.54) is 0 Å². The van der Waals surface area contributed by atoms with Gasteiger partial charge in [-0.05, 0) is 50.1 Å². The Morgan fingerprint density at radius 2 is 1.88 bits per heavy atom. The molecule has 3 aromatic rings. The normalized spacial score (nSPS) is 20.3. The highest BCUT2D eigenvalue weighted by atomic mass is 19.4. The van der Waals surface area contributed by atoms with Gasteiger partial charge in [-0.2, -0.15) is 18.2 Å². The maximum Gasteiger partial charge on any atom is 0.416 e. The second-order valence-corrected chi connectivity index (χ2v) is 8.60. The number of aromatic amines is 1. The molecule has 34 heavy (non-hydrogen) atoms. The minimum Gasteiger partial charge on any atom is -0.361 e. The summed E-state index contributed by atoms with van der Waals surface area (Å²) in [7, 11) is 0. The van der Waals surface area contributed by atoms with E-state index in [1.54, 1.807) is 24.3 Å². The fraction of sp³-hybridized carbons (Fsp3) is 0.417. The van der Waals surface area contributed by atoms with Crippen molar-refractivity contribution in [1.29, 1.82) is 0 Å². The van der Waals surface area contributed by atoms with Crippen LogP contribution in [0.5, 0.6) is 0 Å². The van der Waals surface area contributed by atoms with Crippen LogP contribution in [0.1, 0.15) is 44.4 Å². The minimum atomic E-state index is -4.36. The van der Waals surface area contributed by atoms with E-state index in [4.69, 9.17) is 6.57 Å². The van der Waals surface area contributed by atoms with Crippen LogP contribution in [0.3, 0.4) is 0 Å². The molecular weight excluding hydrogens is 445 g/mol. The highest BCUT2D eigenvalue weighted by Crippen LogP contribution is 2.34.